The fourth-order valence-electron chi connectivity index (χ4n) is 4.93. The minimum Gasteiger partial charge on any atom is -0.374 e. The maximum Gasteiger partial charge on any atom is 0.254 e. The van der Waals surface area contributed by atoms with Gasteiger partial charge in [-0.2, -0.15) is 0 Å². The standard InChI is InChI=1S/C30H42N2O2/c1-29(2,3)25-12-9-11-24(19-25)28(33)32-21-27(22-32)34-17-14-30(4,5)26-13-8-10-23(18-26)20-31-15-6-7-16-31/h8-13,18-19,27H,6-7,14-17,20-22H2,1-5H3. The molecule has 0 aromatic heterocycles. The molecule has 0 saturated carbocycles. The summed E-state index contributed by atoms with van der Waals surface area (Å²) in [4.78, 5) is 17.3. The van der Waals surface area contributed by atoms with E-state index in [1.165, 1.54) is 42.6 Å². The topological polar surface area (TPSA) is 32.8 Å². The summed E-state index contributed by atoms with van der Waals surface area (Å²) < 4.78 is 6.17. The summed E-state index contributed by atoms with van der Waals surface area (Å²) in [5, 5.41) is 0. The van der Waals surface area contributed by atoms with Crippen molar-refractivity contribution in [2.45, 2.75) is 77.4 Å². The Morgan fingerprint density at radius 3 is 2.32 bits per heavy atom. The number of hydrogen-bond donors (Lipinski definition) is 0. The number of hydrogen-bond acceptors (Lipinski definition) is 3. The average Bonchev–Trinajstić information content (AvgIpc) is 3.27. The van der Waals surface area contributed by atoms with E-state index in [0.717, 1.165) is 25.1 Å². The minimum absolute atomic E-state index is 0.0391. The molecule has 0 N–H and O–H groups in total. The lowest BCUT2D eigenvalue weighted by atomic mass is 9.81. The second-order valence-corrected chi connectivity index (χ2v) is 11.9. The molecular formula is C30H42N2O2. The molecule has 4 nitrogen and oxygen atoms in total. The molecule has 4 heteroatoms. The predicted molar refractivity (Wildman–Crippen MR) is 139 cm³/mol. The van der Waals surface area contributed by atoms with Gasteiger partial charge in [-0.1, -0.05) is 71.0 Å². The predicted octanol–water partition coefficient (Wildman–Crippen LogP) is 5.79. The Kier molecular flexibility index (Phi) is 7.49. The molecule has 0 bridgehead atoms. The second-order valence-electron chi connectivity index (χ2n) is 11.9. The number of ether oxygens (including phenoxy) is 1. The highest BCUT2D eigenvalue weighted by atomic mass is 16.5. The summed E-state index contributed by atoms with van der Waals surface area (Å²) in [7, 11) is 0. The van der Waals surface area contributed by atoms with Crippen LogP contribution < -0.4 is 0 Å². The van der Waals surface area contributed by atoms with Crippen molar-refractivity contribution in [3.63, 3.8) is 0 Å². The van der Waals surface area contributed by atoms with Gasteiger partial charge in [0.25, 0.3) is 5.91 Å². The van der Waals surface area contributed by atoms with E-state index in [0.29, 0.717) is 13.1 Å². The number of amides is 1. The molecule has 34 heavy (non-hydrogen) atoms. The van der Waals surface area contributed by atoms with E-state index in [9.17, 15) is 4.79 Å². The maximum absolute atomic E-state index is 12.9. The van der Waals surface area contributed by atoms with Gasteiger partial charge in [0.2, 0.25) is 0 Å². The van der Waals surface area contributed by atoms with Crippen molar-refractivity contribution in [3.05, 3.63) is 70.8 Å². The van der Waals surface area contributed by atoms with Crippen LogP contribution in [0.15, 0.2) is 48.5 Å². The van der Waals surface area contributed by atoms with Gasteiger partial charge in [0, 0.05) is 31.8 Å². The molecule has 0 unspecified atom stereocenters. The van der Waals surface area contributed by atoms with Crippen LogP contribution in [-0.2, 0) is 22.1 Å². The quantitative estimate of drug-likeness (QED) is 0.498. The molecule has 184 valence electrons. The number of carbonyl (C=O) groups excluding carboxylic acids is 1. The van der Waals surface area contributed by atoms with E-state index >= 15 is 0 Å². The second kappa shape index (κ2) is 10.2. The lowest BCUT2D eigenvalue weighted by Crippen LogP contribution is -2.55. The highest BCUT2D eigenvalue weighted by Gasteiger charge is 2.33. The monoisotopic (exact) mass is 462 g/mol. The minimum atomic E-state index is 0.0391. The summed E-state index contributed by atoms with van der Waals surface area (Å²) >= 11 is 0. The summed E-state index contributed by atoms with van der Waals surface area (Å²) in [6, 6.07) is 17.1. The zero-order valence-electron chi connectivity index (χ0n) is 21.8. The van der Waals surface area contributed by atoms with Crippen molar-refractivity contribution in [3.8, 4) is 0 Å². The van der Waals surface area contributed by atoms with Crippen LogP contribution in [0.3, 0.4) is 0 Å². The molecule has 4 rings (SSSR count). The first kappa shape index (κ1) is 24.9. The van der Waals surface area contributed by atoms with Crippen LogP contribution >= 0.6 is 0 Å². The van der Waals surface area contributed by atoms with E-state index in [-0.39, 0.29) is 22.8 Å². The fraction of sp³-hybridized carbons (Fsp3) is 0.567. The van der Waals surface area contributed by atoms with Crippen LogP contribution in [0.4, 0.5) is 0 Å². The first-order chi connectivity index (χ1) is 16.1. The molecule has 2 aliphatic heterocycles. The maximum atomic E-state index is 12.9. The zero-order chi connectivity index (χ0) is 24.3. The molecule has 0 radical (unpaired) electrons. The highest BCUT2D eigenvalue weighted by molar-refractivity contribution is 5.95. The molecule has 2 aromatic carbocycles. The Hall–Kier alpha value is -2.17. The molecule has 2 heterocycles. The number of likely N-dealkylation sites (tertiary alicyclic amines) is 2. The van der Waals surface area contributed by atoms with Gasteiger partial charge in [-0.25, -0.2) is 0 Å². The first-order valence-corrected chi connectivity index (χ1v) is 12.9. The molecule has 2 aromatic rings. The average molecular weight is 463 g/mol. The van der Waals surface area contributed by atoms with Gasteiger partial charge in [-0.3, -0.25) is 9.69 Å². The number of carbonyl (C=O) groups is 1. The SMILES string of the molecule is CC(C)(C)c1cccc(C(=O)N2CC(OCCC(C)(C)c3cccc(CN4CCCC4)c3)C2)c1. The lowest BCUT2D eigenvalue weighted by molar-refractivity contribution is -0.0463. The summed E-state index contributed by atoms with van der Waals surface area (Å²) in [5.41, 5.74) is 4.87. The summed E-state index contributed by atoms with van der Waals surface area (Å²) in [5.74, 6) is 0.112. The third-order valence-electron chi connectivity index (χ3n) is 7.50. The van der Waals surface area contributed by atoms with Gasteiger partial charge in [0.1, 0.15) is 0 Å². The van der Waals surface area contributed by atoms with Crippen LogP contribution in [0, 0.1) is 0 Å². The third-order valence-corrected chi connectivity index (χ3v) is 7.50. The van der Waals surface area contributed by atoms with Crippen LogP contribution in [0.5, 0.6) is 0 Å². The van der Waals surface area contributed by atoms with E-state index in [4.69, 9.17) is 4.74 Å². The van der Waals surface area contributed by atoms with Crippen LogP contribution in [-0.4, -0.2) is 54.6 Å². The Morgan fingerprint density at radius 1 is 0.941 bits per heavy atom. The molecule has 2 aliphatic rings. The van der Waals surface area contributed by atoms with E-state index in [2.05, 4.69) is 69.9 Å². The van der Waals surface area contributed by atoms with Gasteiger partial charge in [-0.15, -0.1) is 0 Å². The van der Waals surface area contributed by atoms with Gasteiger partial charge >= 0.3 is 0 Å². The molecule has 0 spiro atoms. The molecule has 2 saturated heterocycles. The van der Waals surface area contributed by atoms with Crippen LogP contribution in [0.25, 0.3) is 0 Å². The van der Waals surface area contributed by atoms with Crippen molar-refractivity contribution in [2.24, 2.45) is 0 Å². The van der Waals surface area contributed by atoms with Gasteiger partial charge < -0.3 is 9.64 Å². The Morgan fingerprint density at radius 2 is 1.62 bits per heavy atom. The van der Waals surface area contributed by atoms with E-state index < -0.39 is 0 Å². The summed E-state index contributed by atoms with van der Waals surface area (Å²) in [6.45, 7) is 16.7. The normalized spacial score (nSPS) is 17.7. The highest BCUT2D eigenvalue weighted by Crippen LogP contribution is 2.29. The lowest BCUT2D eigenvalue weighted by Gasteiger charge is -2.39. The zero-order valence-corrected chi connectivity index (χ0v) is 21.8. The largest absolute Gasteiger partial charge is 0.374 e. The molecular weight excluding hydrogens is 420 g/mol. The van der Waals surface area contributed by atoms with Crippen molar-refractivity contribution < 1.29 is 9.53 Å². The molecule has 0 atom stereocenters. The van der Waals surface area contributed by atoms with Gasteiger partial charge in [0.15, 0.2) is 0 Å². The van der Waals surface area contributed by atoms with Crippen LogP contribution in [0.2, 0.25) is 0 Å². The Bertz CT molecular complexity index is 979. The van der Waals surface area contributed by atoms with Crippen molar-refractivity contribution in [1.82, 2.24) is 9.80 Å². The van der Waals surface area contributed by atoms with Crippen LogP contribution in [0.1, 0.15) is 80.9 Å². The van der Waals surface area contributed by atoms with Crippen molar-refractivity contribution in [1.29, 1.82) is 0 Å². The Labute approximate surface area is 206 Å². The molecule has 2 fully saturated rings. The van der Waals surface area contributed by atoms with Gasteiger partial charge in [0.05, 0.1) is 6.10 Å². The Balaban J connectivity index is 1.24. The smallest absolute Gasteiger partial charge is 0.254 e. The number of nitrogens with zero attached hydrogens (tertiary/aromatic N) is 2. The fourth-order valence-corrected chi connectivity index (χ4v) is 4.93. The number of rotatable bonds is 8. The third kappa shape index (κ3) is 6.09. The molecule has 0 aliphatic carbocycles. The van der Waals surface area contributed by atoms with Crippen molar-refractivity contribution >= 4 is 5.91 Å². The molecule has 1 amide bonds. The van der Waals surface area contributed by atoms with Gasteiger partial charge in [-0.05, 0) is 72.0 Å². The van der Waals surface area contributed by atoms with E-state index in [1.54, 1.807) is 0 Å². The van der Waals surface area contributed by atoms with E-state index in [1.807, 2.05) is 23.1 Å². The first-order valence-electron chi connectivity index (χ1n) is 12.9. The number of benzene rings is 2. The van der Waals surface area contributed by atoms with Crippen molar-refractivity contribution in [2.75, 3.05) is 32.8 Å². The summed E-state index contributed by atoms with van der Waals surface area (Å²) in [6.07, 6.45) is 3.77.